The first-order chi connectivity index (χ1) is 12.9. The molecule has 142 valence electrons. The minimum atomic E-state index is -0.253. The van der Waals surface area contributed by atoms with Crippen LogP contribution in [0.5, 0.6) is 0 Å². The van der Waals surface area contributed by atoms with Crippen LogP contribution in [0.2, 0.25) is 0 Å². The van der Waals surface area contributed by atoms with Gasteiger partial charge in [-0.1, -0.05) is 30.3 Å². The fourth-order valence-electron chi connectivity index (χ4n) is 2.68. The second-order valence-corrected chi connectivity index (χ2v) is 6.34. The third kappa shape index (κ3) is 7.32. The molecule has 0 saturated heterocycles. The van der Waals surface area contributed by atoms with Crippen molar-refractivity contribution in [2.45, 2.75) is 26.7 Å². The molecule has 2 aromatic rings. The lowest BCUT2D eigenvalue weighted by Gasteiger charge is -2.20. The van der Waals surface area contributed by atoms with Gasteiger partial charge >= 0.3 is 0 Å². The molecule has 2 N–H and O–H groups in total. The van der Waals surface area contributed by atoms with Gasteiger partial charge in [0, 0.05) is 31.8 Å². The maximum atomic E-state index is 12.2. The smallest absolute Gasteiger partial charge is 0.243 e. The van der Waals surface area contributed by atoms with Gasteiger partial charge in [0.2, 0.25) is 17.7 Å². The fourth-order valence-corrected chi connectivity index (χ4v) is 2.68. The van der Waals surface area contributed by atoms with Gasteiger partial charge in [0.1, 0.15) is 0 Å². The molecule has 0 bridgehead atoms. The summed E-state index contributed by atoms with van der Waals surface area (Å²) < 4.78 is 0. The maximum Gasteiger partial charge on any atom is 0.243 e. The first kappa shape index (κ1) is 20.2. The van der Waals surface area contributed by atoms with E-state index in [1.54, 1.807) is 29.2 Å². The van der Waals surface area contributed by atoms with Crippen molar-refractivity contribution in [1.29, 1.82) is 0 Å². The van der Waals surface area contributed by atoms with Crippen LogP contribution in [-0.4, -0.2) is 35.7 Å². The van der Waals surface area contributed by atoms with Gasteiger partial charge in [-0.05, 0) is 42.7 Å². The van der Waals surface area contributed by atoms with Gasteiger partial charge in [-0.25, -0.2) is 0 Å². The Bertz CT molecular complexity index is 773. The molecule has 6 nitrogen and oxygen atoms in total. The van der Waals surface area contributed by atoms with Crippen LogP contribution in [-0.2, 0) is 20.8 Å². The Kier molecular flexibility index (Phi) is 7.55. The van der Waals surface area contributed by atoms with Gasteiger partial charge in [-0.3, -0.25) is 14.4 Å². The number of benzene rings is 2. The molecule has 0 radical (unpaired) electrons. The number of rotatable bonds is 8. The van der Waals surface area contributed by atoms with Gasteiger partial charge < -0.3 is 15.5 Å². The Balaban J connectivity index is 1.83. The molecule has 2 rings (SSSR count). The molecule has 0 aliphatic carbocycles. The zero-order valence-corrected chi connectivity index (χ0v) is 15.7. The number of aryl methyl sites for hydroxylation is 1. The van der Waals surface area contributed by atoms with Crippen LogP contribution in [0, 0.1) is 0 Å². The van der Waals surface area contributed by atoms with Gasteiger partial charge in [0.05, 0.1) is 6.54 Å². The van der Waals surface area contributed by atoms with Crippen molar-refractivity contribution in [3.63, 3.8) is 0 Å². The predicted molar refractivity (Wildman–Crippen MR) is 106 cm³/mol. The number of nitrogens with zero attached hydrogens (tertiary/aromatic N) is 1. The summed E-state index contributed by atoms with van der Waals surface area (Å²) in [5.41, 5.74) is 2.48. The van der Waals surface area contributed by atoms with Crippen molar-refractivity contribution >= 4 is 29.1 Å². The normalized spacial score (nSPS) is 10.1. The van der Waals surface area contributed by atoms with E-state index < -0.39 is 0 Å². The average molecular weight is 367 g/mol. The van der Waals surface area contributed by atoms with Crippen molar-refractivity contribution < 1.29 is 14.4 Å². The topological polar surface area (TPSA) is 78.5 Å². The summed E-state index contributed by atoms with van der Waals surface area (Å²) in [6.07, 6.45) is 1.65. The van der Waals surface area contributed by atoms with Crippen LogP contribution in [0.4, 0.5) is 11.4 Å². The number of carbonyl (C=O) groups excluding carboxylic acids is 3. The number of amides is 3. The highest BCUT2D eigenvalue weighted by Gasteiger charge is 2.13. The Labute approximate surface area is 159 Å². The highest BCUT2D eigenvalue weighted by atomic mass is 16.2. The maximum absolute atomic E-state index is 12.2. The summed E-state index contributed by atoms with van der Waals surface area (Å²) in [5, 5.41) is 5.43. The monoisotopic (exact) mass is 367 g/mol. The van der Waals surface area contributed by atoms with Crippen molar-refractivity contribution in [2.24, 2.45) is 0 Å². The molecule has 6 heteroatoms. The van der Waals surface area contributed by atoms with E-state index in [0.29, 0.717) is 17.9 Å². The van der Waals surface area contributed by atoms with Gasteiger partial charge in [-0.2, -0.15) is 0 Å². The van der Waals surface area contributed by atoms with E-state index in [2.05, 4.69) is 22.8 Å². The average Bonchev–Trinajstić information content (AvgIpc) is 2.63. The Hall–Kier alpha value is -3.15. The van der Waals surface area contributed by atoms with E-state index in [1.165, 1.54) is 19.4 Å². The van der Waals surface area contributed by atoms with E-state index in [-0.39, 0.29) is 24.3 Å². The molecule has 0 saturated carbocycles. The molecule has 2 aromatic carbocycles. The molecule has 0 aliphatic heterocycles. The molecule has 27 heavy (non-hydrogen) atoms. The Morgan fingerprint density at radius 3 is 2.00 bits per heavy atom. The molecule has 0 aliphatic rings. The van der Waals surface area contributed by atoms with Gasteiger partial charge in [0.25, 0.3) is 0 Å². The minimum Gasteiger partial charge on any atom is -0.334 e. The first-order valence-corrected chi connectivity index (χ1v) is 8.91. The number of nitrogens with one attached hydrogen (secondary N) is 2. The zero-order chi connectivity index (χ0) is 19.6. The fraction of sp³-hybridized carbons (Fsp3) is 0.286. The molecule has 0 spiro atoms. The highest BCUT2D eigenvalue weighted by Crippen LogP contribution is 2.13. The SMILES string of the molecule is CC(=O)Nc1ccc(NC(=O)CN(CCCc2ccccc2)C(C)=O)cc1. The van der Waals surface area contributed by atoms with E-state index >= 15 is 0 Å². The second kappa shape index (κ2) is 10.1. The van der Waals surface area contributed by atoms with Crippen LogP contribution < -0.4 is 10.6 Å². The van der Waals surface area contributed by atoms with Crippen LogP contribution >= 0.6 is 0 Å². The summed E-state index contributed by atoms with van der Waals surface area (Å²) in [6.45, 7) is 3.44. The van der Waals surface area contributed by atoms with E-state index in [9.17, 15) is 14.4 Å². The van der Waals surface area contributed by atoms with Crippen LogP contribution in [0.3, 0.4) is 0 Å². The molecule has 0 unspecified atom stereocenters. The molecule has 0 aromatic heterocycles. The molecule has 0 atom stereocenters. The quantitative estimate of drug-likeness (QED) is 0.753. The summed E-state index contributed by atoms with van der Waals surface area (Å²) in [4.78, 5) is 36.6. The Morgan fingerprint density at radius 2 is 1.44 bits per heavy atom. The van der Waals surface area contributed by atoms with E-state index in [1.807, 2.05) is 18.2 Å². The Morgan fingerprint density at radius 1 is 0.852 bits per heavy atom. The lowest BCUT2D eigenvalue weighted by molar-refractivity contribution is -0.132. The van der Waals surface area contributed by atoms with Crippen LogP contribution in [0.25, 0.3) is 0 Å². The third-order valence-electron chi connectivity index (χ3n) is 4.01. The van der Waals surface area contributed by atoms with Gasteiger partial charge in [-0.15, -0.1) is 0 Å². The number of anilines is 2. The number of hydrogen-bond acceptors (Lipinski definition) is 3. The zero-order valence-electron chi connectivity index (χ0n) is 15.7. The molecular formula is C21H25N3O3. The lowest BCUT2D eigenvalue weighted by Crippen LogP contribution is -2.37. The number of hydrogen-bond donors (Lipinski definition) is 2. The molecular weight excluding hydrogens is 342 g/mol. The van der Waals surface area contributed by atoms with Crippen molar-refractivity contribution in [2.75, 3.05) is 23.7 Å². The predicted octanol–water partition coefficient (Wildman–Crippen LogP) is 3.06. The summed E-state index contributed by atoms with van der Waals surface area (Å²) in [6, 6.07) is 16.9. The highest BCUT2D eigenvalue weighted by molar-refractivity contribution is 5.95. The van der Waals surface area contributed by atoms with Crippen molar-refractivity contribution in [3.8, 4) is 0 Å². The van der Waals surface area contributed by atoms with Crippen molar-refractivity contribution in [3.05, 3.63) is 60.2 Å². The van der Waals surface area contributed by atoms with Gasteiger partial charge in [0.15, 0.2) is 0 Å². The van der Waals surface area contributed by atoms with E-state index in [4.69, 9.17) is 0 Å². The summed E-state index contributed by atoms with van der Waals surface area (Å²) in [5.74, 6) is -0.532. The first-order valence-electron chi connectivity index (χ1n) is 8.91. The number of carbonyl (C=O) groups is 3. The standard InChI is InChI=1S/C21H25N3O3/c1-16(25)22-19-10-12-20(13-11-19)23-21(27)15-24(17(2)26)14-6-9-18-7-4-3-5-8-18/h3-5,7-8,10-13H,6,9,14-15H2,1-2H3,(H,22,25)(H,23,27). The van der Waals surface area contributed by atoms with E-state index in [0.717, 1.165) is 12.8 Å². The second-order valence-electron chi connectivity index (χ2n) is 6.34. The molecule has 0 heterocycles. The lowest BCUT2D eigenvalue weighted by atomic mass is 10.1. The van der Waals surface area contributed by atoms with Crippen LogP contribution in [0.1, 0.15) is 25.8 Å². The largest absolute Gasteiger partial charge is 0.334 e. The molecule has 3 amide bonds. The third-order valence-corrected chi connectivity index (χ3v) is 4.01. The summed E-state index contributed by atoms with van der Waals surface area (Å²) in [7, 11) is 0. The van der Waals surface area contributed by atoms with Crippen LogP contribution in [0.15, 0.2) is 54.6 Å². The summed E-state index contributed by atoms with van der Waals surface area (Å²) >= 11 is 0. The van der Waals surface area contributed by atoms with Crippen molar-refractivity contribution in [1.82, 2.24) is 4.90 Å². The minimum absolute atomic E-state index is 0.0115. The molecule has 0 fully saturated rings.